The lowest BCUT2D eigenvalue weighted by Gasteiger charge is -2.04. The number of halogens is 8. The van der Waals surface area contributed by atoms with Crippen molar-refractivity contribution in [2.45, 2.75) is 13.6 Å². The molecule has 0 heterocycles. The summed E-state index contributed by atoms with van der Waals surface area (Å²) in [6, 6.07) is 5.07. The Morgan fingerprint density at radius 2 is 1.32 bits per heavy atom. The molecule has 0 N–H and O–H groups in total. The maximum Gasteiger partial charge on any atom is 0.139 e. The largest absolute Gasteiger partial charge is 0.246 e. The van der Waals surface area contributed by atoms with E-state index in [2.05, 4.69) is 95.6 Å². The van der Waals surface area contributed by atoms with Crippen molar-refractivity contribution in [3.63, 3.8) is 0 Å². The Kier molecular flexibility index (Phi) is 9.27. The lowest BCUT2D eigenvalue weighted by molar-refractivity contribution is 0.482. The molecule has 0 radical (unpaired) electrons. The van der Waals surface area contributed by atoms with Crippen LogP contribution in [-0.4, -0.2) is 0 Å². The zero-order valence-corrected chi connectivity index (χ0v) is 20.5. The van der Waals surface area contributed by atoms with E-state index in [-0.39, 0.29) is 5.82 Å². The fourth-order valence-corrected chi connectivity index (χ4v) is 5.31. The van der Waals surface area contributed by atoms with Crippen LogP contribution < -0.4 is 0 Å². The van der Waals surface area contributed by atoms with Crippen LogP contribution in [0.25, 0.3) is 0 Å². The van der Waals surface area contributed by atoms with Crippen LogP contribution in [0.15, 0.2) is 45.0 Å². The van der Waals surface area contributed by atoms with Gasteiger partial charge >= 0.3 is 0 Å². The molecule has 0 aromatic heterocycles. The van der Waals surface area contributed by atoms with Crippen LogP contribution in [0, 0.1) is 12.7 Å². The van der Waals surface area contributed by atoms with Gasteiger partial charge in [-0.25, -0.2) is 8.78 Å². The molecule has 0 fully saturated rings. The number of hydrogen-bond donors (Lipinski definition) is 0. The molecule has 22 heavy (non-hydrogen) atoms. The molecular formula is C14H8Br6F2. The van der Waals surface area contributed by atoms with Crippen molar-refractivity contribution in [3.8, 4) is 0 Å². The molecule has 0 amide bonds. The summed E-state index contributed by atoms with van der Waals surface area (Å²) >= 11 is 19.4. The second-order valence-corrected chi connectivity index (χ2v) is 9.14. The van der Waals surface area contributed by atoms with Gasteiger partial charge in [0.1, 0.15) is 12.5 Å². The van der Waals surface area contributed by atoms with Crippen LogP contribution in [0.3, 0.4) is 0 Å². The molecule has 0 saturated heterocycles. The first kappa shape index (κ1) is 21.2. The molecule has 0 aliphatic carbocycles. The van der Waals surface area contributed by atoms with E-state index in [1.165, 1.54) is 6.07 Å². The highest BCUT2D eigenvalue weighted by atomic mass is 79.9. The van der Waals surface area contributed by atoms with Crippen molar-refractivity contribution in [2.75, 3.05) is 0 Å². The number of alkyl halides is 1. The van der Waals surface area contributed by atoms with E-state index >= 15 is 0 Å². The fourth-order valence-electron chi connectivity index (χ4n) is 1.36. The second kappa shape index (κ2) is 9.61. The molecule has 0 nitrogen and oxygen atoms in total. The van der Waals surface area contributed by atoms with E-state index in [1.807, 2.05) is 19.1 Å². The van der Waals surface area contributed by atoms with Gasteiger partial charge in [0.25, 0.3) is 0 Å². The minimum Gasteiger partial charge on any atom is -0.246 e. The Morgan fingerprint density at radius 1 is 0.818 bits per heavy atom. The number of hydrogen-bond acceptors (Lipinski definition) is 0. The standard InChI is InChI=1S/2C7H4Br3F/c8-4-1-6(9)5(3-11)7(10)2-4;1-3-4(8)2-5(11)7(10)6(3)9/h1-2H,3H2;2H,1H3. The summed E-state index contributed by atoms with van der Waals surface area (Å²) in [6.45, 7) is 1.44. The molecule has 0 spiro atoms. The number of benzene rings is 2. The monoisotopic (exact) mass is 688 g/mol. The first-order valence-corrected chi connectivity index (χ1v) is 10.4. The third-order valence-electron chi connectivity index (χ3n) is 2.58. The highest BCUT2D eigenvalue weighted by molar-refractivity contribution is 9.13. The van der Waals surface area contributed by atoms with E-state index in [1.54, 1.807) is 0 Å². The van der Waals surface area contributed by atoms with Crippen molar-refractivity contribution in [3.05, 3.63) is 62.0 Å². The van der Waals surface area contributed by atoms with Crippen molar-refractivity contribution >= 4 is 95.6 Å². The van der Waals surface area contributed by atoms with E-state index in [9.17, 15) is 8.78 Å². The van der Waals surface area contributed by atoms with E-state index in [0.717, 1.165) is 27.9 Å². The zero-order valence-electron chi connectivity index (χ0n) is 11.0. The first-order valence-electron chi connectivity index (χ1n) is 5.68. The quantitative estimate of drug-likeness (QED) is 0.207. The Balaban J connectivity index is 0.000000220. The maximum absolute atomic E-state index is 12.9. The molecule has 0 aliphatic rings. The lowest BCUT2D eigenvalue weighted by Crippen LogP contribution is -1.85. The fraction of sp³-hybridized carbons (Fsp3) is 0.143. The van der Waals surface area contributed by atoms with Gasteiger partial charge in [0.2, 0.25) is 0 Å². The normalized spacial score (nSPS) is 10.2. The van der Waals surface area contributed by atoms with Crippen LogP contribution in [0.1, 0.15) is 11.1 Å². The highest BCUT2D eigenvalue weighted by Crippen LogP contribution is 2.33. The Labute approximate surface area is 178 Å². The molecule has 0 bridgehead atoms. The molecule has 120 valence electrons. The van der Waals surface area contributed by atoms with E-state index in [4.69, 9.17) is 0 Å². The molecule has 0 aliphatic heterocycles. The first-order chi connectivity index (χ1) is 10.2. The van der Waals surface area contributed by atoms with Gasteiger partial charge in [-0.15, -0.1) is 0 Å². The molecule has 0 unspecified atom stereocenters. The van der Waals surface area contributed by atoms with E-state index < -0.39 is 6.67 Å². The van der Waals surface area contributed by atoms with Crippen LogP contribution in [0.4, 0.5) is 8.78 Å². The lowest BCUT2D eigenvalue weighted by atomic mass is 10.2. The summed E-state index contributed by atoms with van der Waals surface area (Å²) in [4.78, 5) is 0. The predicted octanol–water partition coefficient (Wildman–Crippen LogP) is 8.87. The molecule has 2 rings (SSSR count). The highest BCUT2D eigenvalue weighted by Gasteiger charge is 2.09. The molecule has 2 aromatic rings. The molecular weight excluding hydrogens is 686 g/mol. The van der Waals surface area contributed by atoms with Crippen molar-refractivity contribution in [1.29, 1.82) is 0 Å². The maximum atomic E-state index is 12.9. The van der Waals surface area contributed by atoms with Gasteiger partial charge in [-0.2, -0.15) is 0 Å². The zero-order chi connectivity index (χ0) is 17.0. The average Bonchev–Trinajstić information content (AvgIpc) is 2.43. The van der Waals surface area contributed by atoms with Gasteiger partial charge in [-0.1, -0.05) is 63.7 Å². The number of rotatable bonds is 1. The third kappa shape index (κ3) is 5.62. The predicted molar refractivity (Wildman–Crippen MR) is 109 cm³/mol. The van der Waals surface area contributed by atoms with Crippen LogP contribution >= 0.6 is 95.6 Å². The van der Waals surface area contributed by atoms with Crippen molar-refractivity contribution < 1.29 is 8.78 Å². The van der Waals surface area contributed by atoms with Gasteiger partial charge < -0.3 is 0 Å². The Hall–Kier alpha value is 1.18. The van der Waals surface area contributed by atoms with Gasteiger partial charge in [0, 0.05) is 27.9 Å². The Bertz CT molecular complexity index is 638. The second-order valence-electron chi connectivity index (χ2n) is 4.07. The van der Waals surface area contributed by atoms with Crippen molar-refractivity contribution in [1.82, 2.24) is 0 Å². The summed E-state index contributed by atoms with van der Waals surface area (Å²) in [5.74, 6) is -0.269. The molecule has 2 aromatic carbocycles. The van der Waals surface area contributed by atoms with Crippen LogP contribution in [-0.2, 0) is 6.67 Å². The van der Waals surface area contributed by atoms with E-state index in [0.29, 0.717) is 10.0 Å². The van der Waals surface area contributed by atoms with Gasteiger partial charge in [0.15, 0.2) is 0 Å². The molecule has 0 atom stereocenters. The molecule has 0 saturated carbocycles. The summed E-state index contributed by atoms with van der Waals surface area (Å²) in [7, 11) is 0. The van der Waals surface area contributed by atoms with Gasteiger partial charge in [-0.3, -0.25) is 0 Å². The van der Waals surface area contributed by atoms with Gasteiger partial charge in [-0.05, 0) is 62.5 Å². The SMILES string of the molecule is Cc1c(Br)cc(F)c(Br)c1Br.FCc1c(Br)cc(Br)cc1Br. The van der Waals surface area contributed by atoms with Gasteiger partial charge in [0.05, 0.1) is 4.47 Å². The third-order valence-corrected chi connectivity index (χ3v) is 7.58. The minimum absolute atomic E-state index is 0.269. The average molecular weight is 694 g/mol. The summed E-state index contributed by atoms with van der Waals surface area (Å²) in [6.07, 6.45) is 0. The topological polar surface area (TPSA) is 0 Å². The van der Waals surface area contributed by atoms with Crippen LogP contribution in [0.2, 0.25) is 0 Å². The summed E-state index contributed by atoms with van der Waals surface area (Å²) in [5, 5.41) is 0. The molecule has 8 heteroatoms. The Morgan fingerprint density at radius 3 is 1.77 bits per heavy atom. The van der Waals surface area contributed by atoms with Crippen LogP contribution in [0.5, 0.6) is 0 Å². The summed E-state index contributed by atoms with van der Waals surface area (Å²) < 4.78 is 29.7. The smallest absolute Gasteiger partial charge is 0.139 e. The van der Waals surface area contributed by atoms with Crippen molar-refractivity contribution in [2.24, 2.45) is 0 Å². The minimum atomic E-state index is -0.464. The summed E-state index contributed by atoms with van der Waals surface area (Å²) in [5.41, 5.74) is 1.63.